The molecule has 1 aliphatic heterocycles. The average Bonchev–Trinajstić information content (AvgIpc) is 2.52. The Morgan fingerprint density at radius 2 is 2.17 bits per heavy atom. The summed E-state index contributed by atoms with van der Waals surface area (Å²) in [5, 5.41) is 7.73. The molecule has 7 N–H and O–H groups in total. The number of primary amides is 1. The Morgan fingerprint density at radius 1 is 1.46 bits per heavy atom. The molecular weight excluding hydrogens is 314 g/mol. The fourth-order valence-electron chi connectivity index (χ4n) is 2.40. The van der Waals surface area contributed by atoms with Gasteiger partial charge in [-0.1, -0.05) is 6.42 Å². The molecule has 0 saturated carbocycles. The van der Waals surface area contributed by atoms with Gasteiger partial charge in [-0.2, -0.15) is 0 Å². The van der Waals surface area contributed by atoms with Crippen LogP contribution in [-0.2, 0) is 9.59 Å². The fraction of sp³-hybridized carbons (Fsp3) is 0.714. The van der Waals surface area contributed by atoms with Crippen LogP contribution in [0, 0.1) is 0 Å². The highest BCUT2D eigenvalue weighted by Crippen LogP contribution is 2.09. The molecule has 0 radical (unpaired) electrons. The van der Waals surface area contributed by atoms with Gasteiger partial charge in [0, 0.05) is 19.5 Å². The van der Waals surface area contributed by atoms with Crippen LogP contribution in [0.4, 0.5) is 4.79 Å². The van der Waals surface area contributed by atoms with Gasteiger partial charge in [-0.15, -0.1) is 0 Å². The number of urea groups is 1. The molecule has 0 aromatic heterocycles. The van der Waals surface area contributed by atoms with Crippen molar-refractivity contribution in [1.82, 2.24) is 20.9 Å². The summed E-state index contributed by atoms with van der Waals surface area (Å²) < 4.78 is 0. The third kappa shape index (κ3) is 6.13. The molecule has 1 heterocycles. The number of amides is 4. The number of guanidine groups is 1. The number of unbranched alkanes of at least 4 members (excludes halogenated alkanes) is 1. The number of hydrogen-bond acceptors (Lipinski definition) is 6. The lowest BCUT2D eigenvalue weighted by molar-refractivity contribution is -0.138. The van der Waals surface area contributed by atoms with Crippen molar-refractivity contribution in [3.05, 3.63) is 0 Å². The zero-order chi connectivity index (χ0) is 18.1. The van der Waals surface area contributed by atoms with Gasteiger partial charge in [0.25, 0.3) is 5.91 Å². The second-order valence-electron chi connectivity index (χ2n) is 5.66. The number of hydrogen-bond donors (Lipinski definition) is 5. The first-order valence-electron chi connectivity index (χ1n) is 7.93. The molecule has 1 rings (SSSR count). The number of nitrogens with two attached hydrogens (primary N) is 2. The van der Waals surface area contributed by atoms with Gasteiger partial charge in [-0.25, -0.2) is 9.79 Å². The summed E-state index contributed by atoms with van der Waals surface area (Å²) in [4.78, 5) is 40.6. The van der Waals surface area contributed by atoms with Crippen molar-refractivity contribution in [1.29, 1.82) is 0 Å². The molecule has 24 heavy (non-hydrogen) atoms. The molecule has 4 amide bonds. The van der Waals surface area contributed by atoms with Gasteiger partial charge in [-0.05, 0) is 26.4 Å². The summed E-state index contributed by atoms with van der Waals surface area (Å²) in [6, 6.07) is -1.49. The summed E-state index contributed by atoms with van der Waals surface area (Å²) in [6.07, 6.45) is 2.99. The van der Waals surface area contributed by atoms with Crippen LogP contribution in [0.1, 0.15) is 25.7 Å². The van der Waals surface area contributed by atoms with Crippen molar-refractivity contribution >= 4 is 23.8 Å². The Hall–Kier alpha value is -2.20. The van der Waals surface area contributed by atoms with E-state index in [9.17, 15) is 14.4 Å². The van der Waals surface area contributed by atoms with E-state index >= 15 is 0 Å². The number of nitrogens with zero attached hydrogens (tertiary/aromatic N) is 2. The van der Waals surface area contributed by atoms with E-state index in [4.69, 9.17) is 11.5 Å². The van der Waals surface area contributed by atoms with Crippen LogP contribution in [-0.4, -0.2) is 68.0 Å². The van der Waals surface area contributed by atoms with E-state index in [-0.39, 0.29) is 30.9 Å². The number of likely N-dealkylation sites (N-methyl/N-ethyl adjacent to an activating group) is 1. The topological polar surface area (TPSA) is 155 Å². The second kappa shape index (κ2) is 9.83. The summed E-state index contributed by atoms with van der Waals surface area (Å²) in [5.41, 5.74) is 10.4. The Balaban J connectivity index is 2.57. The summed E-state index contributed by atoms with van der Waals surface area (Å²) in [7, 11) is 3.38. The highest BCUT2D eigenvalue weighted by molar-refractivity contribution is 6.07. The number of carbonyl (C=O) groups is 3. The zero-order valence-corrected chi connectivity index (χ0v) is 14.2. The first kappa shape index (κ1) is 19.8. The second-order valence-corrected chi connectivity index (χ2v) is 5.66. The Labute approximate surface area is 141 Å². The van der Waals surface area contributed by atoms with Crippen LogP contribution in [0.5, 0.6) is 0 Å². The number of nitrogens with one attached hydrogen (secondary N) is 3. The third-order valence-corrected chi connectivity index (χ3v) is 3.91. The van der Waals surface area contributed by atoms with Gasteiger partial charge in [0.15, 0.2) is 0 Å². The summed E-state index contributed by atoms with van der Waals surface area (Å²) in [5.74, 6) is -0.558. The molecule has 0 aromatic carbocycles. The van der Waals surface area contributed by atoms with Crippen molar-refractivity contribution in [2.24, 2.45) is 16.5 Å². The minimum absolute atomic E-state index is 0.000477. The van der Waals surface area contributed by atoms with Gasteiger partial charge in [0.1, 0.15) is 6.04 Å². The Bertz CT molecular complexity index is 495. The van der Waals surface area contributed by atoms with Gasteiger partial charge < -0.3 is 21.7 Å². The van der Waals surface area contributed by atoms with Crippen molar-refractivity contribution in [2.45, 2.75) is 37.8 Å². The molecule has 0 aliphatic carbocycles. The maximum atomic E-state index is 12.4. The molecule has 2 atom stereocenters. The lowest BCUT2D eigenvalue weighted by Crippen LogP contribution is -2.58. The van der Waals surface area contributed by atoms with Crippen LogP contribution < -0.4 is 27.4 Å². The van der Waals surface area contributed by atoms with E-state index in [0.29, 0.717) is 6.54 Å². The number of rotatable bonds is 8. The van der Waals surface area contributed by atoms with E-state index in [1.165, 1.54) is 4.90 Å². The van der Waals surface area contributed by atoms with Crippen LogP contribution in [0.3, 0.4) is 0 Å². The Kier molecular flexibility index (Phi) is 8.13. The van der Waals surface area contributed by atoms with Crippen molar-refractivity contribution in [3.63, 3.8) is 0 Å². The SMILES string of the molecule is CN[C@@H](CCCCN)CC(=O)N(C)C1CN=C(NC(N)=O)NC1=O. The maximum absolute atomic E-state index is 12.4. The molecule has 10 nitrogen and oxygen atoms in total. The van der Waals surface area contributed by atoms with E-state index in [1.807, 2.05) is 0 Å². The number of carbonyl (C=O) groups excluding carboxylic acids is 3. The molecule has 1 unspecified atom stereocenters. The highest BCUT2D eigenvalue weighted by atomic mass is 16.2. The molecule has 0 aromatic rings. The van der Waals surface area contributed by atoms with Crippen molar-refractivity contribution in [2.75, 3.05) is 27.2 Å². The molecule has 136 valence electrons. The number of aliphatic imine (C=N–C) groups is 1. The average molecular weight is 341 g/mol. The first-order valence-corrected chi connectivity index (χ1v) is 7.93. The van der Waals surface area contributed by atoms with Gasteiger partial charge in [0.05, 0.1) is 6.54 Å². The van der Waals surface area contributed by atoms with Gasteiger partial charge >= 0.3 is 6.03 Å². The van der Waals surface area contributed by atoms with Gasteiger partial charge in [0.2, 0.25) is 11.9 Å². The summed E-state index contributed by atoms with van der Waals surface area (Å²) >= 11 is 0. The van der Waals surface area contributed by atoms with Gasteiger partial charge in [-0.3, -0.25) is 20.2 Å². The molecule has 0 saturated heterocycles. The molecule has 0 fully saturated rings. The largest absolute Gasteiger partial charge is 0.351 e. The quantitative estimate of drug-likeness (QED) is 0.325. The third-order valence-electron chi connectivity index (χ3n) is 3.91. The lowest BCUT2D eigenvalue weighted by Gasteiger charge is -2.30. The predicted molar refractivity (Wildman–Crippen MR) is 90.1 cm³/mol. The van der Waals surface area contributed by atoms with Crippen molar-refractivity contribution < 1.29 is 14.4 Å². The smallest absolute Gasteiger partial charge is 0.318 e. The molecule has 10 heteroatoms. The van der Waals surface area contributed by atoms with Crippen molar-refractivity contribution in [3.8, 4) is 0 Å². The van der Waals surface area contributed by atoms with E-state index in [1.54, 1.807) is 14.1 Å². The monoisotopic (exact) mass is 341 g/mol. The lowest BCUT2D eigenvalue weighted by atomic mass is 10.0. The molecule has 1 aliphatic rings. The highest BCUT2D eigenvalue weighted by Gasteiger charge is 2.31. The minimum Gasteiger partial charge on any atom is -0.351 e. The van der Waals surface area contributed by atoms with Crippen LogP contribution in [0.25, 0.3) is 0 Å². The zero-order valence-electron chi connectivity index (χ0n) is 14.2. The molecule has 0 bridgehead atoms. The first-order chi connectivity index (χ1) is 11.4. The normalized spacial score (nSPS) is 18.4. The molecule has 0 spiro atoms. The molecular formula is C14H27N7O3. The fourth-order valence-corrected chi connectivity index (χ4v) is 2.40. The summed E-state index contributed by atoms with van der Waals surface area (Å²) in [6.45, 7) is 0.702. The maximum Gasteiger partial charge on any atom is 0.318 e. The van der Waals surface area contributed by atoms with Crippen LogP contribution in [0.15, 0.2) is 4.99 Å². The minimum atomic E-state index is -0.814. The van der Waals surface area contributed by atoms with E-state index < -0.39 is 18.0 Å². The standard InChI is InChI=1S/C14H27N7O3/c1-17-9(5-3-4-6-15)7-11(22)21(2)10-8-18-14(19-12(10)23)20-13(16)24/h9-10,17H,3-8,15H2,1-2H3,(H4,16,18,19,20,23,24)/t9-,10?/m0/s1. The van der Waals surface area contributed by atoms with Crippen LogP contribution >= 0.6 is 0 Å². The Morgan fingerprint density at radius 3 is 2.71 bits per heavy atom. The predicted octanol–water partition coefficient (Wildman–Crippen LogP) is -1.93. The van der Waals surface area contributed by atoms with Crippen LogP contribution in [0.2, 0.25) is 0 Å². The van der Waals surface area contributed by atoms with E-state index in [0.717, 1.165) is 19.3 Å². The van der Waals surface area contributed by atoms with E-state index in [2.05, 4.69) is 20.9 Å².